The third-order valence-corrected chi connectivity index (χ3v) is 1.92. The number of carbonyl (C=O) groups excluding carboxylic acids is 1. The van der Waals surface area contributed by atoms with Gasteiger partial charge >= 0.3 is 0 Å². The Morgan fingerprint density at radius 3 is 2.54 bits per heavy atom. The average molecular weight is 293 g/mol. The fourth-order valence-electron chi connectivity index (χ4n) is 0.894. The van der Waals surface area contributed by atoms with Crippen LogP contribution in [0.2, 0.25) is 0 Å². The number of hydrogen-bond acceptors (Lipinski definition) is 3. The van der Waals surface area contributed by atoms with Gasteiger partial charge in [-0.1, -0.05) is 0 Å². The van der Waals surface area contributed by atoms with E-state index < -0.39 is 5.60 Å². The van der Waals surface area contributed by atoms with Gasteiger partial charge < -0.3 is 4.74 Å². The van der Waals surface area contributed by atoms with Crippen LogP contribution >= 0.6 is 22.6 Å². The SMILES string of the molecule is CCOC(C)(C)/C=C(\C#N)C(=O)I. The molecule has 0 amide bonds. The molecule has 0 N–H and O–H groups in total. The van der Waals surface area contributed by atoms with Crippen LogP contribution in [0.3, 0.4) is 0 Å². The second-order valence-electron chi connectivity index (χ2n) is 2.98. The van der Waals surface area contributed by atoms with Crippen molar-refractivity contribution in [2.24, 2.45) is 0 Å². The highest BCUT2D eigenvalue weighted by atomic mass is 127. The van der Waals surface area contributed by atoms with Crippen LogP contribution in [-0.2, 0) is 9.53 Å². The molecule has 0 heterocycles. The molecule has 72 valence electrons. The second kappa shape index (κ2) is 5.35. The van der Waals surface area contributed by atoms with Crippen molar-refractivity contribution in [3.8, 4) is 6.07 Å². The first kappa shape index (κ1) is 12.6. The quantitative estimate of drug-likeness (QED) is 0.345. The summed E-state index contributed by atoms with van der Waals surface area (Å²) in [6, 6.07) is 1.84. The Hall–Kier alpha value is -0.410. The monoisotopic (exact) mass is 293 g/mol. The summed E-state index contributed by atoms with van der Waals surface area (Å²) in [5.74, 6) is 0. The van der Waals surface area contributed by atoms with Crippen molar-refractivity contribution in [3.05, 3.63) is 11.6 Å². The number of hydrogen-bond donors (Lipinski definition) is 0. The maximum absolute atomic E-state index is 10.9. The molecule has 13 heavy (non-hydrogen) atoms. The highest BCUT2D eigenvalue weighted by Crippen LogP contribution is 2.15. The molecule has 0 rings (SSSR count). The Bertz CT molecular complexity index is 263. The van der Waals surface area contributed by atoms with Crippen LogP contribution in [0.25, 0.3) is 0 Å². The molecule has 0 aromatic carbocycles. The van der Waals surface area contributed by atoms with Crippen molar-refractivity contribution in [1.29, 1.82) is 5.26 Å². The van der Waals surface area contributed by atoms with Gasteiger partial charge in [-0.3, -0.25) is 4.79 Å². The van der Waals surface area contributed by atoms with Crippen LogP contribution in [0.1, 0.15) is 20.8 Å². The lowest BCUT2D eigenvalue weighted by molar-refractivity contribution is -0.106. The van der Waals surface area contributed by atoms with Gasteiger partial charge in [0.2, 0.25) is 3.79 Å². The van der Waals surface area contributed by atoms with Crippen LogP contribution in [-0.4, -0.2) is 16.0 Å². The first-order chi connectivity index (χ1) is 5.93. The van der Waals surface area contributed by atoms with Crippen molar-refractivity contribution in [1.82, 2.24) is 0 Å². The summed E-state index contributed by atoms with van der Waals surface area (Å²) < 4.78 is 5.07. The Kier molecular flexibility index (Phi) is 5.18. The summed E-state index contributed by atoms with van der Waals surface area (Å²) in [5, 5.41) is 8.63. The van der Waals surface area contributed by atoms with Crippen LogP contribution in [0.15, 0.2) is 11.6 Å². The topological polar surface area (TPSA) is 50.1 Å². The zero-order valence-corrected chi connectivity index (χ0v) is 10.1. The molecule has 0 fully saturated rings. The smallest absolute Gasteiger partial charge is 0.232 e. The molecule has 0 aromatic heterocycles. The molecule has 0 saturated carbocycles. The standard InChI is InChI=1S/C9H12INO2/c1-4-13-9(2,3)5-7(6-11)8(10)12/h5H,4H2,1-3H3/b7-5+. The van der Waals surface area contributed by atoms with E-state index in [-0.39, 0.29) is 9.36 Å². The maximum atomic E-state index is 10.9. The molecule has 0 aliphatic rings. The Morgan fingerprint density at radius 2 is 2.23 bits per heavy atom. The van der Waals surface area contributed by atoms with Crippen molar-refractivity contribution >= 4 is 26.4 Å². The summed E-state index contributed by atoms with van der Waals surface area (Å²) in [7, 11) is 0. The van der Waals surface area contributed by atoms with E-state index in [1.54, 1.807) is 28.7 Å². The van der Waals surface area contributed by atoms with E-state index in [1.807, 2.05) is 26.8 Å². The van der Waals surface area contributed by atoms with Gasteiger partial charge in [-0.05, 0) is 26.8 Å². The largest absolute Gasteiger partial charge is 0.372 e. The van der Waals surface area contributed by atoms with Crippen LogP contribution in [0.4, 0.5) is 0 Å². The van der Waals surface area contributed by atoms with Gasteiger partial charge in [0.15, 0.2) is 0 Å². The molecule has 0 unspecified atom stereocenters. The zero-order valence-electron chi connectivity index (χ0n) is 7.93. The predicted octanol–water partition coefficient (Wildman–Crippen LogP) is 2.21. The average Bonchev–Trinajstić information content (AvgIpc) is 1.99. The van der Waals surface area contributed by atoms with E-state index in [9.17, 15) is 4.79 Å². The van der Waals surface area contributed by atoms with E-state index >= 15 is 0 Å². The molecule has 0 bridgehead atoms. The molecule has 0 aliphatic heterocycles. The summed E-state index contributed by atoms with van der Waals surface area (Å²) in [4.78, 5) is 10.9. The second-order valence-corrected chi connectivity index (χ2v) is 3.96. The number of carbonyl (C=O) groups is 1. The van der Waals surface area contributed by atoms with Crippen LogP contribution in [0.5, 0.6) is 0 Å². The zero-order chi connectivity index (χ0) is 10.5. The third kappa shape index (κ3) is 5.01. The number of nitrogens with zero attached hydrogens (tertiary/aromatic N) is 1. The molecule has 0 aliphatic carbocycles. The normalized spacial score (nSPS) is 12.4. The van der Waals surface area contributed by atoms with Gasteiger partial charge in [0.25, 0.3) is 0 Å². The number of ether oxygens (including phenoxy) is 1. The molecule has 3 nitrogen and oxygen atoms in total. The lowest BCUT2D eigenvalue weighted by atomic mass is 10.1. The number of halogens is 1. The number of rotatable bonds is 4. The van der Waals surface area contributed by atoms with Crippen molar-refractivity contribution in [3.63, 3.8) is 0 Å². The minimum absolute atomic E-state index is 0.138. The fraction of sp³-hybridized carbons (Fsp3) is 0.556. The van der Waals surface area contributed by atoms with Crippen LogP contribution < -0.4 is 0 Å². The van der Waals surface area contributed by atoms with E-state index in [2.05, 4.69) is 0 Å². The van der Waals surface area contributed by atoms with Gasteiger partial charge in [-0.15, -0.1) is 0 Å². The summed E-state index contributed by atoms with van der Waals surface area (Å²) in [6.45, 7) is 6.05. The predicted molar refractivity (Wildman–Crippen MR) is 58.4 cm³/mol. The summed E-state index contributed by atoms with van der Waals surface area (Å²) >= 11 is 1.59. The van der Waals surface area contributed by atoms with Crippen molar-refractivity contribution < 1.29 is 9.53 Å². The highest BCUT2D eigenvalue weighted by molar-refractivity contribution is 14.1. The minimum Gasteiger partial charge on any atom is -0.372 e. The van der Waals surface area contributed by atoms with Gasteiger partial charge in [0, 0.05) is 29.2 Å². The fourth-order valence-corrected chi connectivity index (χ4v) is 1.17. The molecule has 4 heteroatoms. The maximum Gasteiger partial charge on any atom is 0.232 e. The molecule has 0 atom stereocenters. The molecule has 0 aromatic rings. The molecule has 0 saturated heterocycles. The van der Waals surface area contributed by atoms with Gasteiger partial charge in [-0.2, -0.15) is 5.26 Å². The number of allylic oxidation sites excluding steroid dienone is 1. The van der Waals surface area contributed by atoms with Crippen LogP contribution in [0, 0.1) is 11.3 Å². The Labute approximate surface area is 91.9 Å². The Balaban J connectivity index is 4.70. The number of nitriles is 1. The summed E-state index contributed by atoms with van der Waals surface area (Å²) in [5.41, 5.74) is -0.417. The molecular formula is C9H12INO2. The summed E-state index contributed by atoms with van der Waals surface area (Å²) in [6.07, 6.45) is 1.55. The van der Waals surface area contributed by atoms with E-state index in [0.29, 0.717) is 6.61 Å². The lowest BCUT2D eigenvalue weighted by Crippen LogP contribution is -2.22. The first-order valence-electron chi connectivity index (χ1n) is 3.89. The molecule has 0 spiro atoms. The minimum atomic E-state index is -0.555. The Morgan fingerprint density at radius 1 is 1.69 bits per heavy atom. The third-order valence-electron chi connectivity index (χ3n) is 1.34. The van der Waals surface area contributed by atoms with Gasteiger partial charge in [0.05, 0.1) is 5.60 Å². The van der Waals surface area contributed by atoms with E-state index in [4.69, 9.17) is 10.00 Å². The van der Waals surface area contributed by atoms with Gasteiger partial charge in [-0.25, -0.2) is 0 Å². The van der Waals surface area contributed by atoms with Gasteiger partial charge in [0.1, 0.15) is 11.6 Å². The van der Waals surface area contributed by atoms with Crippen molar-refractivity contribution in [2.45, 2.75) is 26.4 Å². The first-order valence-corrected chi connectivity index (χ1v) is 4.97. The molecule has 0 radical (unpaired) electrons. The molecular weight excluding hydrogens is 281 g/mol. The highest BCUT2D eigenvalue weighted by Gasteiger charge is 2.17. The van der Waals surface area contributed by atoms with Crippen molar-refractivity contribution in [2.75, 3.05) is 6.61 Å². The lowest BCUT2D eigenvalue weighted by Gasteiger charge is -2.20. The van der Waals surface area contributed by atoms with E-state index in [1.165, 1.54) is 0 Å². The van der Waals surface area contributed by atoms with E-state index in [0.717, 1.165) is 0 Å².